The number of nitrogens with zero attached hydrogens (tertiary/aromatic N) is 2. The zero-order valence-corrected chi connectivity index (χ0v) is 12.3. The van der Waals surface area contributed by atoms with Crippen LogP contribution in [-0.4, -0.2) is 24.5 Å². The van der Waals surface area contributed by atoms with Crippen LogP contribution in [0, 0.1) is 6.92 Å². The predicted molar refractivity (Wildman–Crippen MR) is 83.5 cm³/mol. The Morgan fingerprint density at radius 1 is 1.24 bits per heavy atom. The lowest BCUT2D eigenvalue weighted by Gasteiger charge is -2.34. The molecule has 0 spiro atoms. The molecule has 1 aliphatic heterocycles. The molecule has 0 aliphatic carbocycles. The van der Waals surface area contributed by atoms with Crippen LogP contribution < -0.4 is 10.2 Å². The second-order valence-corrected chi connectivity index (χ2v) is 5.31. The van der Waals surface area contributed by atoms with Gasteiger partial charge >= 0.3 is 0 Å². The van der Waals surface area contributed by atoms with Crippen molar-refractivity contribution in [3.8, 4) is 0 Å². The van der Waals surface area contributed by atoms with Crippen LogP contribution in [0.15, 0.2) is 42.5 Å². The second kappa shape index (κ2) is 5.66. The van der Waals surface area contributed by atoms with E-state index >= 15 is 0 Å². The summed E-state index contributed by atoms with van der Waals surface area (Å²) in [6.45, 7) is 2.61. The molecule has 1 aromatic heterocycles. The van der Waals surface area contributed by atoms with Gasteiger partial charge in [-0.2, -0.15) is 0 Å². The van der Waals surface area contributed by atoms with Gasteiger partial charge in [0.05, 0.1) is 0 Å². The summed E-state index contributed by atoms with van der Waals surface area (Å²) in [5.74, 6) is -0.0271. The van der Waals surface area contributed by atoms with E-state index in [2.05, 4.69) is 16.4 Å². The van der Waals surface area contributed by atoms with Crippen molar-refractivity contribution in [3.63, 3.8) is 0 Å². The standard InChI is InChI=1S/C17H19N3O/c1-12-6-5-8-15(19-12)17(21)20-11-10-14(18-2)13-7-3-4-9-16(13)20/h3-9,14,18H,10-11H2,1-2H3. The Balaban J connectivity index is 1.98. The largest absolute Gasteiger partial charge is 0.313 e. The zero-order chi connectivity index (χ0) is 14.8. The van der Waals surface area contributed by atoms with Crippen LogP contribution in [0.3, 0.4) is 0 Å². The summed E-state index contributed by atoms with van der Waals surface area (Å²) in [5.41, 5.74) is 3.52. The van der Waals surface area contributed by atoms with Gasteiger partial charge < -0.3 is 10.2 Å². The van der Waals surface area contributed by atoms with E-state index in [1.165, 1.54) is 5.56 Å². The molecule has 0 radical (unpaired) electrons. The highest BCUT2D eigenvalue weighted by Gasteiger charge is 2.28. The topological polar surface area (TPSA) is 45.2 Å². The fourth-order valence-electron chi connectivity index (χ4n) is 2.87. The number of pyridine rings is 1. The van der Waals surface area contributed by atoms with E-state index in [1.54, 1.807) is 6.07 Å². The maximum atomic E-state index is 12.8. The molecule has 1 amide bonds. The number of carbonyl (C=O) groups is 1. The van der Waals surface area contributed by atoms with E-state index in [1.807, 2.05) is 49.2 Å². The van der Waals surface area contributed by atoms with Gasteiger partial charge in [0.2, 0.25) is 0 Å². The number of aromatic nitrogens is 1. The molecule has 21 heavy (non-hydrogen) atoms. The Morgan fingerprint density at radius 2 is 2.05 bits per heavy atom. The second-order valence-electron chi connectivity index (χ2n) is 5.31. The Hall–Kier alpha value is -2.20. The average Bonchev–Trinajstić information content (AvgIpc) is 2.53. The Morgan fingerprint density at radius 3 is 2.81 bits per heavy atom. The monoisotopic (exact) mass is 281 g/mol. The minimum atomic E-state index is -0.0271. The van der Waals surface area contributed by atoms with Gasteiger partial charge in [0.1, 0.15) is 5.69 Å². The maximum absolute atomic E-state index is 12.8. The van der Waals surface area contributed by atoms with E-state index < -0.39 is 0 Å². The van der Waals surface area contributed by atoms with Gasteiger partial charge in [-0.05, 0) is 44.2 Å². The highest BCUT2D eigenvalue weighted by molar-refractivity contribution is 6.05. The Kier molecular flexibility index (Phi) is 3.71. The highest BCUT2D eigenvalue weighted by atomic mass is 16.2. The molecule has 108 valence electrons. The lowest BCUT2D eigenvalue weighted by molar-refractivity contribution is 0.0978. The molecule has 1 aromatic carbocycles. The predicted octanol–water partition coefficient (Wildman–Crippen LogP) is 2.70. The van der Waals surface area contributed by atoms with E-state index in [4.69, 9.17) is 0 Å². The van der Waals surface area contributed by atoms with E-state index in [9.17, 15) is 4.79 Å². The van der Waals surface area contributed by atoms with Crippen molar-refractivity contribution in [2.45, 2.75) is 19.4 Å². The molecule has 2 heterocycles. The van der Waals surface area contributed by atoms with Crippen LogP contribution in [0.2, 0.25) is 0 Å². The molecule has 1 aliphatic rings. The normalized spacial score (nSPS) is 17.4. The quantitative estimate of drug-likeness (QED) is 0.920. The number of aryl methyl sites for hydroxylation is 1. The van der Waals surface area contributed by atoms with Crippen molar-refractivity contribution in [2.24, 2.45) is 0 Å². The average molecular weight is 281 g/mol. The molecule has 0 bridgehead atoms. The van der Waals surface area contributed by atoms with Gasteiger partial charge in [0.25, 0.3) is 5.91 Å². The van der Waals surface area contributed by atoms with Crippen LogP contribution in [0.5, 0.6) is 0 Å². The third-order valence-corrected chi connectivity index (χ3v) is 3.95. The molecule has 0 saturated carbocycles. The molecule has 0 saturated heterocycles. The van der Waals surface area contributed by atoms with E-state index in [0.717, 1.165) is 17.8 Å². The molecule has 0 fully saturated rings. The molecular weight excluding hydrogens is 262 g/mol. The van der Waals surface area contributed by atoms with Gasteiger partial charge in [0, 0.05) is 24.0 Å². The number of hydrogen-bond donors (Lipinski definition) is 1. The molecule has 3 rings (SSSR count). The van der Waals surface area contributed by atoms with Gasteiger partial charge in [-0.25, -0.2) is 4.98 Å². The van der Waals surface area contributed by atoms with Crippen molar-refractivity contribution in [1.29, 1.82) is 0 Å². The summed E-state index contributed by atoms with van der Waals surface area (Å²) < 4.78 is 0. The Labute approximate surface area is 124 Å². The number of rotatable bonds is 2. The third kappa shape index (κ3) is 2.54. The summed E-state index contributed by atoms with van der Waals surface area (Å²) in [4.78, 5) is 18.9. The molecule has 2 aromatic rings. The van der Waals surface area contributed by atoms with Crippen molar-refractivity contribution in [2.75, 3.05) is 18.5 Å². The van der Waals surface area contributed by atoms with Gasteiger partial charge in [-0.1, -0.05) is 24.3 Å². The van der Waals surface area contributed by atoms with Crippen molar-refractivity contribution in [3.05, 3.63) is 59.4 Å². The SMILES string of the molecule is CNC1CCN(C(=O)c2cccc(C)n2)c2ccccc21. The number of benzene rings is 1. The number of carbonyl (C=O) groups excluding carboxylic acids is 1. The molecule has 4 heteroatoms. The van der Waals surface area contributed by atoms with Crippen LogP contribution >= 0.6 is 0 Å². The lowest BCUT2D eigenvalue weighted by Crippen LogP contribution is -2.39. The first-order chi connectivity index (χ1) is 10.2. The molecular formula is C17H19N3O. The number of anilines is 1. The number of hydrogen-bond acceptors (Lipinski definition) is 3. The molecule has 1 unspecified atom stereocenters. The first-order valence-electron chi connectivity index (χ1n) is 7.22. The van der Waals surface area contributed by atoms with Gasteiger partial charge in [0.15, 0.2) is 0 Å². The first-order valence-corrected chi connectivity index (χ1v) is 7.22. The number of para-hydroxylation sites is 1. The van der Waals surface area contributed by atoms with Crippen LogP contribution in [-0.2, 0) is 0 Å². The van der Waals surface area contributed by atoms with E-state index in [-0.39, 0.29) is 5.91 Å². The minimum Gasteiger partial charge on any atom is -0.313 e. The van der Waals surface area contributed by atoms with Crippen LogP contribution in [0.1, 0.15) is 34.2 Å². The van der Waals surface area contributed by atoms with E-state index in [0.29, 0.717) is 18.3 Å². The smallest absolute Gasteiger partial charge is 0.276 e. The fraction of sp³-hybridized carbons (Fsp3) is 0.294. The summed E-state index contributed by atoms with van der Waals surface area (Å²) >= 11 is 0. The summed E-state index contributed by atoms with van der Waals surface area (Å²) in [7, 11) is 1.96. The molecule has 1 N–H and O–H groups in total. The Bertz CT molecular complexity index is 669. The number of fused-ring (bicyclic) bond motifs is 1. The lowest BCUT2D eigenvalue weighted by atomic mass is 9.96. The summed E-state index contributed by atoms with van der Waals surface area (Å²) in [6.07, 6.45) is 0.908. The highest BCUT2D eigenvalue weighted by Crippen LogP contribution is 2.34. The van der Waals surface area contributed by atoms with Crippen molar-refractivity contribution >= 4 is 11.6 Å². The third-order valence-electron chi connectivity index (χ3n) is 3.95. The van der Waals surface area contributed by atoms with Crippen molar-refractivity contribution < 1.29 is 4.79 Å². The molecule has 1 atom stereocenters. The zero-order valence-electron chi connectivity index (χ0n) is 12.3. The van der Waals surface area contributed by atoms with Crippen LogP contribution in [0.25, 0.3) is 0 Å². The first kappa shape index (κ1) is 13.8. The number of nitrogens with one attached hydrogen (secondary N) is 1. The fourth-order valence-corrected chi connectivity index (χ4v) is 2.87. The van der Waals surface area contributed by atoms with Crippen LogP contribution in [0.4, 0.5) is 5.69 Å². The summed E-state index contributed by atoms with van der Waals surface area (Å²) in [6, 6.07) is 13.9. The number of amides is 1. The van der Waals surface area contributed by atoms with Crippen molar-refractivity contribution in [1.82, 2.24) is 10.3 Å². The van der Waals surface area contributed by atoms with Gasteiger partial charge in [-0.3, -0.25) is 4.79 Å². The van der Waals surface area contributed by atoms with Gasteiger partial charge in [-0.15, -0.1) is 0 Å². The maximum Gasteiger partial charge on any atom is 0.276 e. The summed E-state index contributed by atoms with van der Waals surface area (Å²) in [5, 5.41) is 3.31. The molecule has 4 nitrogen and oxygen atoms in total. The minimum absolute atomic E-state index is 0.0271.